The molecule has 0 spiro atoms. The molecule has 0 heterocycles. The van der Waals surface area contributed by atoms with Crippen molar-refractivity contribution in [2.24, 2.45) is 0 Å². The lowest BCUT2D eigenvalue weighted by molar-refractivity contribution is -0.141. The van der Waals surface area contributed by atoms with Gasteiger partial charge in [0.15, 0.2) is 0 Å². The van der Waals surface area contributed by atoms with Crippen molar-refractivity contribution in [2.75, 3.05) is 0 Å². The van der Waals surface area contributed by atoms with Gasteiger partial charge in [-0.25, -0.2) is 4.39 Å². The van der Waals surface area contributed by atoms with Crippen LogP contribution in [0.5, 0.6) is 0 Å². The summed E-state index contributed by atoms with van der Waals surface area (Å²) >= 11 is 6.01. The minimum Gasteiger partial charge on any atom is -0.352 e. The molecule has 182 valence electrons. The van der Waals surface area contributed by atoms with E-state index in [1.54, 1.807) is 42.5 Å². The van der Waals surface area contributed by atoms with Gasteiger partial charge in [0.1, 0.15) is 11.9 Å². The van der Waals surface area contributed by atoms with Crippen LogP contribution in [0.1, 0.15) is 42.4 Å². The summed E-state index contributed by atoms with van der Waals surface area (Å²) in [6, 6.07) is 22.4. The summed E-state index contributed by atoms with van der Waals surface area (Å²) < 4.78 is 14.7. The van der Waals surface area contributed by atoms with Gasteiger partial charge >= 0.3 is 0 Å². The molecule has 1 N–H and O–H groups in total. The highest BCUT2D eigenvalue weighted by Gasteiger charge is 2.32. The molecule has 0 unspecified atom stereocenters. The molecule has 0 radical (unpaired) electrons. The van der Waals surface area contributed by atoms with Crippen LogP contribution in [0.15, 0.2) is 78.9 Å². The summed E-state index contributed by atoms with van der Waals surface area (Å²) in [6.45, 7) is 0.00861. The highest BCUT2D eigenvalue weighted by molar-refractivity contribution is 6.30. The number of amides is 2. The van der Waals surface area contributed by atoms with Crippen LogP contribution in [0.4, 0.5) is 4.39 Å². The first-order chi connectivity index (χ1) is 17.0. The number of rotatable bonds is 9. The van der Waals surface area contributed by atoms with E-state index in [1.807, 2.05) is 30.3 Å². The molecule has 1 aliphatic carbocycles. The van der Waals surface area contributed by atoms with Gasteiger partial charge in [0.25, 0.3) is 0 Å². The predicted octanol–water partition coefficient (Wildman–Crippen LogP) is 5.72. The van der Waals surface area contributed by atoms with Crippen molar-refractivity contribution in [1.29, 1.82) is 0 Å². The molecule has 1 saturated carbocycles. The number of nitrogens with one attached hydrogen (secondary N) is 1. The minimum absolute atomic E-state index is 0.00861. The van der Waals surface area contributed by atoms with E-state index in [-0.39, 0.29) is 30.8 Å². The third-order valence-corrected chi connectivity index (χ3v) is 6.79. The fourth-order valence-electron chi connectivity index (χ4n) is 4.61. The third-order valence-electron chi connectivity index (χ3n) is 6.54. The predicted molar refractivity (Wildman–Crippen MR) is 136 cm³/mol. The Morgan fingerprint density at radius 2 is 1.57 bits per heavy atom. The molecule has 4 rings (SSSR count). The Hall–Kier alpha value is -3.18. The van der Waals surface area contributed by atoms with Crippen LogP contribution in [0.25, 0.3) is 0 Å². The first-order valence-electron chi connectivity index (χ1n) is 12.1. The van der Waals surface area contributed by atoms with Crippen LogP contribution in [-0.4, -0.2) is 28.8 Å². The number of halogens is 2. The lowest BCUT2D eigenvalue weighted by Crippen LogP contribution is -2.52. The van der Waals surface area contributed by atoms with Gasteiger partial charge in [-0.1, -0.05) is 85.1 Å². The second-order valence-electron chi connectivity index (χ2n) is 9.11. The summed E-state index contributed by atoms with van der Waals surface area (Å²) in [5.41, 5.74) is 2.10. The summed E-state index contributed by atoms with van der Waals surface area (Å²) in [5, 5.41) is 3.75. The zero-order valence-electron chi connectivity index (χ0n) is 19.6. The van der Waals surface area contributed by atoms with Gasteiger partial charge in [0.2, 0.25) is 11.8 Å². The molecule has 1 atom stereocenters. The Bertz CT molecular complexity index is 1130. The maximum absolute atomic E-state index is 14.7. The Labute approximate surface area is 211 Å². The van der Waals surface area contributed by atoms with E-state index in [0.717, 1.165) is 36.8 Å². The van der Waals surface area contributed by atoms with Gasteiger partial charge in [-0.3, -0.25) is 9.59 Å². The normalized spacial score (nSPS) is 14.5. The monoisotopic (exact) mass is 492 g/mol. The molecule has 1 fully saturated rings. The number of hydrogen-bond acceptors (Lipinski definition) is 2. The van der Waals surface area contributed by atoms with Crippen LogP contribution in [0.2, 0.25) is 5.02 Å². The molecule has 1 aliphatic rings. The number of nitrogens with zero attached hydrogens (tertiary/aromatic N) is 1. The van der Waals surface area contributed by atoms with Crippen LogP contribution in [-0.2, 0) is 29.0 Å². The van der Waals surface area contributed by atoms with Crippen molar-refractivity contribution in [3.8, 4) is 0 Å². The van der Waals surface area contributed by atoms with E-state index in [1.165, 1.54) is 11.0 Å². The SMILES string of the molecule is O=C(NC1CCCC1)[C@@H](Cc1ccccc1)N(Cc1ccccc1F)C(=O)Cc1ccc(Cl)cc1. The van der Waals surface area contributed by atoms with Crippen LogP contribution in [0.3, 0.4) is 0 Å². The Morgan fingerprint density at radius 1 is 0.914 bits per heavy atom. The van der Waals surface area contributed by atoms with E-state index >= 15 is 0 Å². The zero-order valence-corrected chi connectivity index (χ0v) is 20.4. The molecule has 6 heteroatoms. The smallest absolute Gasteiger partial charge is 0.243 e. The number of carbonyl (C=O) groups excluding carboxylic acids is 2. The van der Waals surface area contributed by atoms with Crippen LogP contribution in [0, 0.1) is 5.82 Å². The third kappa shape index (κ3) is 6.92. The Balaban J connectivity index is 1.66. The van der Waals surface area contributed by atoms with Crippen molar-refractivity contribution in [3.63, 3.8) is 0 Å². The Kier molecular flexibility index (Phi) is 8.54. The number of benzene rings is 3. The lowest BCUT2D eigenvalue weighted by atomic mass is 10.0. The number of carbonyl (C=O) groups is 2. The van der Waals surface area contributed by atoms with E-state index in [9.17, 15) is 14.0 Å². The fourth-order valence-corrected chi connectivity index (χ4v) is 4.74. The van der Waals surface area contributed by atoms with Gasteiger partial charge in [-0.05, 0) is 42.2 Å². The largest absolute Gasteiger partial charge is 0.352 e. The van der Waals surface area contributed by atoms with E-state index in [0.29, 0.717) is 17.0 Å². The second-order valence-corrected chi connectivity index (χ2v) is 9.55. The van der Waals surface area contributed by atoms with E-state index in [4.69, 9.17) is 11.6 Å². The molecule has 4 nitrogen and oxygen atoms in total. The molecule has 3 aromatic rings. The summed E-state index contributed by atoms with van der Waals surface area (Å²) in [7, 11) is 0. The standard InChI is InChI=1S/C29H30ClFN2O2/c30-24-16-14-22(15-17-24)19-28(34)33(20-23-10-4-7-13-26(23)31)27(18-21-8-2-1-3-9-21)29(35)32-25-11-5-6-12-25/h1-4,7-10,13-17,25,27H,5-6,11-12,18-20H2,(H,32,35)/t27-/m1/s1. The van der Waals surface area contributed by atoms with Crippen molar-refractivity contribution in [2.45, 2.75) is 57.2 Å². The van der Waals surface area contributed by atoms with Crippen LogP contribution < -0.4 is 5.32 Å². The van der Waals surface area contributed by atoms with Gasteiger partial charge in [0, 0.05) is 29.6 Å². The van der Waals surface area contributed by atoms with Crippen LogP contribution >= 0.6 is 11.6 Å². The van der Waals surface area contributed by atoms with Gasteiger partial charge < -0.3 is 10.2 Å². The molecule has 0 bridgehead atoms. The summed E-state index contributed by atoms with van der Waals surface area (Å²) in [4.78, 5) is 28.8. The number of hydrogen-bond donors (Lipinski definition) is 1. The maximum atomic E-state index is 14.7. The topological polar surface area (TPSA) is 49.4 Å². The molecule has 0 aromatic heterocycles. The second kappa shape index (κ2) is 12.0. The minimum atomic E-state index is -0.766. The molecule has 0 aliphatic heterocycles. The average molecular weight is 493 g/mol. The molecular weight excluding hydrogens is 463 g/mol. The summed E-state index contributed by atoms with van der Waals surface area (Å²) in [5.74, 6) is -0.828. The van der Waals surface area contributed by atoms with E-state index < -0.39 is 11.9 Å². The van der Waals surface area contributed by atoms with Crippen molar-refractivity contribution < 1.29 is 14.0 Å². The van der Waals surface area contributed by atoms with Gasteiger partial charge in [0.05, 0.1) is 6.42 Å². The average Bonchev–Trinajstić information content (AvgIpc) is 3.37. The first kappa shape index (κ1) is 24.9. The van der Waals surface area contributed by atoms with Gasteiger partial charge in [-0.15, -0.1) is 0 Å². The highest BCUT2D eigenvalue weighted by Crippen LogP contribution is 2.21. The molecule has 0 saturated heterocycles. The highest BCUT2D eigenvalue weighted by atomic mass is 35.5. The van der Waals surface area contributed by atoms with Crippen molar-refractivity contribution in [1.82, 2.24) is 10.2 Å². The molecule has 2 amide bonds. The van der Waals surface area contributed by atoms with E-state index in [2.05, 4.69) is 5.32 Å². The van der Waals surface area contributed by atoms with Crippen molar-refractivity contribution >= 4 is 23.4 Å². The van der Waals surface area contributed by atoms with Crippen molar-refractivity contribution in [3.05, 3.63) is 106 Å². The zero-order chi connectivity index (χ0) is 24.6. The molecular formula is C29H30ClFN2O2. The fraction of sp³-hybridized carbons (Fsp3) is 0.310. The maximum Gasteiger partial charge on any atom is 0.243 e. The lowest BCUT2D eigenvalue weighted by Gasteiger charge is -2.32. The summed E-state index contributed by atoms with van der Waals surface area (Å²) in [6.07, 6.45) is 4.49. The first-order valence-corrected chi connectivity index (χ1v) is 12.5. The molecule has 3 aromatic carbocycles. The quantitative estimate of drug-likeness (QED) is 0.415. The molecule has 35 heavy (non-hydrogen) atoms. The van der Waals surface area contributed by atoms with Gasteiger partial charge in [-0.2, -0.15) is 0 Å². The Morgan fingerprint density at radius 3 is 2.26 bits per heavy atom.